The SMILES string of the molecule is CCC1CCC(CN)(C(O)C(C)c2ccccc2)CC1. The number of benzene rings is 1. The quantitative estimate of drug-likeness (QED) is 0.860. The third-order valence-electron chi connectivity index (χ3n) is 5.51. The van der Waals surface area contributed by atoms with Crippen molar-refractivity contribution in [2.75, 3.05) is 6.54 Å². The van der Waals surface area contributed by atoms with Gasteiger partial charge in [0.05, 0.1) is 6.10 Å². The largest absolute Gasteiger partial charge is 0.392 e. The topological polar surface area (TPSA) is 46.2 Å². The summed E-state index contributed by atoms with van der Waals surface area (Å²) in [5, 5.41) is 10.9. The second kappa shape index (κ2) is 6.73. The predicted molar refractivity (Wildman–Crippen MR) is 84.6 cm³/mol. The van der Waals surface area contributed by atoms with Crippen LogP contribution in [0.4, 0.5) is 0 Å². The minimum absolute atomic E-state index is 0.0824. The van der Waals surface area contributed by atoms with Crippen molar-refractivity contribution in [3.8, 4) is 0 Å². The molecule has 0 radical (unpaired) electrons. The van der Waals surface area contributed by atoms with Crippen molar-refractivity contribution in [2.24, 2.45) is 17.1 Å². The van der Waals surface area contributed by atoms with Crippen molar-refractivity contribution in [1.82, 2.24) is 0 Å². The lowest BCUT2D eigenvalue weighted by Gasteiger charge is -2.45. The number of aliphatic hydroxyl groups excluding tert-OH is 1. The molecule has 112 valence electrons. The first-order valence-corrected chi connectivity index (χ1v) is 8.06. The summed E-state index contributed by atoms with van der Waals surface area (Å²) in [4.78, 5) is 0. The fourth-order valence-electron chi connectivity index (χ4n) is 3.75. The van der Waals surface area contributed by atoms with Crippen LogP contribution < -0.4 is 5.73 Å². The zero-order valence-corrected chi connectivity index (χ0v) is 12.9. The third kappa shape index (κ3) is 3.07. The molecule has 0 bridgehead atoms. The Kier molecular flexibility index (Phi) is 5.22. The zero-order valence-electron chi connectivity index (χ0n) is 12.9. The summed E-state index contributed by atoms with van der Waals surface area (Å²) in [5.41, 5.74) is 7.21. The van der Waals surface area contributed by atoms with Gasteiger partial charge >= 0.3 is 0 Å². The van der Waals surface area contributed by atoms with E-state index >= 15 is 0 Å². The first-order chi connectivity index (χ1) is 9.63. The number of aliphatic hydroxyl groups is 1. The molecule has 2 nitrogen and oxygen atoms in total. The van der Waals surface area contributed by atoms with Crippen molar-refractivity contribution in [3.63, 3.8) is 0 Å². The second-order valence-electron chi connectivity index (χ2n) is 6.56. The maximum atomic E-state index is 10.9. The molecule has 20 heavy (non-hydrogen) atoms. The average molecular weight is 275 g/mol. The normalized spacial score (nSPS) is 29.9. The summed E-state index contributed by atoms with van der Waals surface area (Å²) in [6, 6.07) is 10.3. The minimum atomic E-state index is -0.340. The molecule has 1 aliphatic carbocycles. The average Bonchev–Trinajstić information content (AvgIpc) is 2.54. The van der Waals surface area contributed by atoms with Gasteiger partial charge in [-0.3, -0.25) is 0 Å². The molecule has 2 atom stereocenters. The van der Waals surface area contributed by atoms with E-state index in [4.69, 9.17) is 5.73 Å². The van der Waals surface area contributed by atoms with Gasteiger partial charge in [0, 0.05) is 17.9 Å². The fraction of sp³-hybridized carbons (Fsp3) is 0.667. The van der Waals surface area contributed by atoms with E-state index in [2.05, 4.69) is 26.0 Å². The molecule has 3 N–H and O–H groups in total. The molecular formula is C18H29NO. The standard InChI is InChI=1S/C18H29NO/c1-3-15-9-11-18(13-19,12-10-15)17(20)14(2)16-7-5-4-6-8-16/h4-8,14-15,17,20H,3,9-13,19H2,1-2H3. The molecule has 2 unspecified atom stereocenters. The van der Waals surface area contributed by atoms with Gasteiger partial charge in [-0.1, -0.05) is 50.6 Å². The van der Waals surface area contributed by atoms with E-state index in [0.717, 1.165) is 18.8 Å². The smallest absolute Gasteiger partial charge is 0.0674 e. The van der Waals surface area contributed by atoms with Crippen LogP contribution in [-0.2, 0) is 0 Å². The lowest BCUT2D eigenvalue weighted by atomic mass is 9.64. The summed E-state index contributed by atoms with van der Waals surface area (Å²) in [5.74, 6) is 0.979. The molecule has 0 aromatic heterocycles. The van der Waals surface area contributed by atoms with Crippen molar-refractivity contribution in [3.05, 3.63) is 35.9 Å². The highest BCUT2D eigenvalue weighted by atomic mass is 16.3. The van der Waals surface area contributed by atoms with Crippen molar-refractivity contribution >= 4 is 0 Å². The van der Waals surface area contributed by atoms with Crippen LogP contribution in [0.5, 0.6) is 0 Å². The van der Waals surface area contributed by atoms with Crippen LogP contribution >= 0.6 is 0 Å². The van der Waals surface area contributed by atoms with Gasteiger partial charge < -0.3 is 10.8 Å². The Bertz CT molecular complexity index is 395. The number of nitrogens with two attached hydrogens (primary N) is 1. The van der Waals surface area contributed by atoms with Gasteiger partial charge in [0.25, 0.3) is 0 Å². The molecular weight excluding hydrogens is 246 g/mol. The third-order valence-corrected chi connectivity index (χ3v) is 5.51. The van der Waals surface area contributed by atoms with Crippen LogP contribution in [0.1, 0.15) is 57.4 Å². The molecule has 0 amide bonds. The van der Waals surface area contributed by atoms with E-state index in [9.17, 15) is 5.11 Å². The first kappa shape index (κ1) is 15.5. The number of hydrogen-bond donors (Lipinski definition) is 2. The van der Waals surface area contributed by atoms with Crippen molar-refractivity contribution in [2.45, 2.75) is 58.0 Å². The molecule has 1 aromatic carbocycles. The van der Waals surface area contributed by atoms with Gasteiger partial charge in [-0.2, -0.15) is 0 Å². The van der Waals surface area contributed by atoms with Gasteiger partial charge in [0.15, 0.2) is 0 Å². The molecule has 1 aromatic rings. The van der Waals surface area contributed by atoms with E-state index < -0.39 is 0 Å². The van der Waals surface area contributed by atoms with Crippen molar-refractivity contribution in [1.29, 1.82) is 0 Å². The van der Waals surface area contributed by atoms with Gasteiger partial charge in [-0.05, 0) is 37.2 Å². The lowest BCUT2D eigenvalue weighted by Crippen LogP contribution is -2.46. The maximum absolute atomic E-state index is 10.9. The van der Waals surface area contributed by atoms with Crippen LogP contribution in [0, 0.1) is 11.3 Å². The zero-order chi connectivity index (χ0) is 14.6. The Hall–Kier alpha value is -0.860. The number of hydrogen-bond acceptors (Lipinski definition) is 2. The summed E-state index contributed by atoms with van der Waals surface area (Å²) < 4.78 is 0. The monoisotopic (exact) mass is 275 g/mol. The second-order valence-corrected chi connectivity index (χ2v) is 6.56. The Labute approximate surface area is 123 Å². The summed E-state index contributed by atoms with van der Waals surface area (Å²) >= 11 is 0. The Morgan fingerprint density at radius 3 is 2.35 bits per heavy atom. The molecule has 1 fully saturated rings. The Morgan fingerprint density at radius 1 is 1.25 bits per heavy atom. The predicted octanol–water partition coefficient (Wildman–Crippen LogP) is 3.70. The minimum Gasteiger partial charge on any atom is -0.392 e. The van der Waals surface area contributed by atoms with E-state index in [1.165, 1.54) is 24.8 Å². The van der Waals surface area contributed by atoms with E-state index in [1.807, 2.05) is 18.2 Å². The fourth-order valence-corrected chi connectivity index (χ4v) is 3.75. The Balaban J connectivity index is 2.11. The van der Waals surface area contributed by atoms with Crippen molar-refractivity contribution < 1.29 is 5.11 Å². The first-order valence-electron chi connectivity index (χ1n) is 8.06. The van der Waals surface area contributed by atoms with Gasteiger partial charge in [-0.15, -0.1) is 0 Å². The molecule has 0 heterocycles. The van der Waals surface area contributed by atoms with Gasteiger partial charge in [-0.25, -0.2) is 0 Å². The number of rotatable bonds is 5. The van der Waals surface area contributed by atoms with Crippen LogP contribution in [0.25, 0.3) is 0 Å². The van der Waals surface area contributed by atoms with E-state index in [0.29, 0.717) is 6.54 Å². The molecule has 0 spiro atoms. The highest BCUT2D eigenvalue weighted by Gasteiger charge is 2.42. The highest BCUT2D eigenvalue weighted by Crippen LogP contribution is 2.45. The highest BCUT2D eigenvalue weighted by molar-refractivity contribution is 5.21. The van der Waals surface area contributed by atoms with E-state index in [-0.39, 0.29) is 17.4 Å². The molecule has 1 aliphatic rings. The lowest BCUT2D eigenvalue weighted by molar-refractivity contribution is -0.0220. The van der Waals surface area contributed by atoms with Crippen LogP contribution in [0.2, 0.25) is 0 Å². The molecule has 0 saturated heterocycles. The van der Waals surface area contributed by atoms with Crippen LogP contribution in [-0.4, -0.2) is 17.8 Å². The molecule has 2 rings (SSSR count). The van der Waals surface area contributed by atoms with E-state index in [1.54, 1.807) is 0 Å². The summed E-state index contributed by atoms with van der Waals surface area (Å²) in [6.07, 6.45) is 5.48. The Morgan fingerprint density at radius 2 is 1.85 bits per heavy atom. The molecule has 1 saturated carbocycles. The maximum Gasteiger partial charge on any atom is 0.0674 e. The van der Waals surface area contributed by atoms with Gasteiger partial charge in [0.1, 0.15) is 0 Å². The summed E-state index contributed by atoms with van der Waals surface area (Å²) in [6.45, 7) is 4.99. The van der Waals surface area contributed by atoms with Crippen LogP contribution in [0.15, 0.2) is 30.3 Å². The molecule has 2 heteroatoms. The van der Waals surface area contributed by atoms with Crippen LogP contribution in [0.3, 0.4) is 0 Å². The van der Waals surface area contributed by atoms with Gasteiger partial charge in [0.2, 0.25) is 0 Å². The molecule has 0 aliphatic heterocycles. The summed E-state index contributed by atoms with van der Waals surface area (Å²) in [7, 11) is 0.